The van der Waals surface area contributed by atoms with Gasteiger partial charge in [-0.3, -0.25) is 0 Å². The summed E-state index contributed by atoms with van der Waals surface area (Å²) in [6, 6.07) is 0. The van der Waals surface area contributed by atoms with E-state index >= 15 is 0 Å². The lowest BCUT2D eigenvalue weighted by molar-refractivity contribution is 0.569. The van der Waals surface area contributed by atoms with Crippen molar-refractivity contribution in [3.8, 4) is 0 Å². The molecule has 6 heavy (non-hydrogen) atoms. The van der Waals surface area contributed by atoms with Crippen molar-refractivity contribution in [2.24, 2.45) is 0 Å². The summed E-state index contributed by atoms with van der Waals surface area (Å²) in [6.07, 6.45) is 5.48. The zero-order valence-corrected chi connectivity index (χ0v) is 4.06. The number of allylic oxidation sites excluding steroid dienone is 2. The molecule has 0 aliphatic carbocycles. The van der Waals surface area contributed by atoms with E-state index in [0.29, 0.717) is 0 Å². The van der Waals surface area contributed by atoms with Gasteiger partial charge in [0, 0.05) is 0 Å². The summed E-state index contributed by atoms with van der Waals surface area (Å²) in [5, 5.41) is 1.93. The molecule has 0 atom stereocenters. The van der Waals surface area contributed by atoms with Crippen molar-refractivity contribution in [3.63, 3.8) is 0 Å². The molecule has 1 aliphatic heterocycles. The number of rotatable bonds is 0. The van der Waals surface area contributed by atoms with Gasteiger partial charge in [-0.1, -0.05) is 6.08 Å². The molecule has 1 heterocycles. The minimum absolute atomic E-state index is 0.931. The standard InChI is InChI=1S/C4H5OS/c1-2-4-6-5-3-1/h1-4,6H. The van der Waals surface area contributed by atoms with Gasteiger partial charge in [0.25, 0.3) is 0 Å². The molecule has 0 amide bonds. The van der Waals surface area contributed by atoms with Crippen molar-refractivity contribution < 1.29 is 4.18 Å². The zero-order valence-electron chi connectivity index (χ0n) is 3.16. The fourth-order valence-corrected chi connectivity index (χ4v) is 0.616. The third-order valence-electron chi connectivity index (χ3n) is 0.458. The normalized spacial score (nSPS) is 17.3. The molecule has 1 nitrogen and oxygen atoms in total. The lowest BCUT2D eigenvalue weighted by Gasteiger charge is -1.94. The monoisotopic (exact) mass is 101 g/mol. The summed E-state index contributed by atoms with van der Waals surface area (Å²) in [4.78, 5) is 0. The molecule has 0 spiro atoms. The molecule has 33 valence electrons. The highest BCUT2D eigenvalue weighted by Gasteiger charge is 1.74. The molecule has 0 fully saturated rings. The second-order valence-corrected chi connectivity index (χ2v) is 1.60. The van der Waals surface area contributed by atoms with Crippen LogP contribution in [-0.2, 0) is 4.18 Å². The van der Waals surface area contributed by atoms with Crippen molar-refractivity contribution in [1.29, 1.82) is 0 Å². The van der Waals surface area contributed by atoms with Crippen molar-refractivity contribution in [1.82, 2.24) is 0 Å². The fourth-order valence-electron chi connectivity index (χ4n) is 0.236. The SMILES string of the molecule is C1=CO[SH]C=C1. The molecule has 1 aliphatic rings. The van der Waals surface area contributed by atoms with Gasteiger partial charge in [0.2, 0.25) is 0 Å². The fraction of sp³-hybridized carbons (Fsp3) is 0. The molecule has 0 unspecified atom stereocenters. The van der Waals surface area contributed by atoms with Crippen LogP contribution in [0.15, 0.2) is 23.8 Å². The van der Waals surface area contributed by atoms with E-state index in [-0.39, 0.29) is 0 Å². The van der Waals surface area contributed by atoms with E-state index in [0.717, 1.165) is 12.0 Å². The Morgan fingerprint density at radius 1 is 1.33 bits per heavy atom. The Bertz CT molecular complexity index is 73.5. The number of hydrogen-bond donors (Lipinski definition) is 1. The highest BCUT2D eigenvalue weighted by molar-refractivity contribution is 7.97. The lowest BCUT2D eigenvalue weighted by Crippen LogP contribution is -1.63. The Hall–Kier alpha value is -0.370. The van der Waals surface area contributed by atoms with Crippen LogP contribution in [0.2, 0.25) is 0 Å². The van der Waals surface area contributed by atoms with Crippen LogP contribution in [0, 0.1) is 0 Å². The molecule has 0 aromatic carbocycles. The van der Waals surface area contributed by atoms with Gasteiger partial charge in [-0.25, -0.2) is 0 Å². The van der Waals surface area contributed by atoms with Crippen LogP contribution in [0.5, 0.6) is 0 Å². The molecule has 0 aromatic rings. The molecule has 1 radical (unpaired) electrons. The van der Waals surface area contributed by atoms with E-state index in [1.54, 1.807) is 6.26 Å². The summed E-state index contributed by atoms with van der Waals surface area (Å²) >= 11 is 0.931. The van der Waals surface area contributed by atoms with Gasteiger partial charge in [-0.05, 0) is 23.5 Å². The van der Waals surface area contributed by atoms with Gasteiger partial charge >= 0.3 is 0 Å². The summed E-state index contributed by atoms with van der Waals surface area (Å²) < 4.78 is 4.77. The minimum Gasteiger partial charge on any atom is -0.445 e. The molecule has 0 N–H and O–H groups in total. The average molecular weight is 101 g/mol. The van der Waals surface area contributed by atoms with Crippen molar-refractivity contribution >= 4 is 12.0 Å². The van der Waals surface area contributed by atoms with E-state index in [1.165, 1.54) is 0 Å². The summed E-state index contributed by atoms with van der Waals surface area (Å²) in [6.45, 7) is 0. The summed E-state index contributed by atoms with van der Waals surface area (Å²) in [7, 11) is 0. The third kappa shape index (κ3) is 0.792. The zero-order chi connectivity index (χ0) is 4.24. The van der Waals surface area contributed by atoms with Crippen LogP contribution in [0.3, 0.4) is 0 Å². The highest BCUT2D eigenvalue weighted by atomic mass is 32.2. The maximum absolute atomic E-state index is 4.77. The Labute approximate surface area is 40.9 Å². The van der Waals surface area contributed by atoms with E-state index < -0.39 is 0 Å². The van der Waals surface area contributed by atoms with Crippen LogP contribution in [-0.4, -0.2) is 0 Å². The molecule has 0 bridgehead atoms. The minimum atomic E-state index is 0.931. The predicted molar refractivity (Wildman–Crippen MR) is 28.4 cm³/mol. The van der Waals surface area contributed by atoms with Crippen LogP contribution in [0.1, 0.15) is 0 Å². The first-order valence-corrected chi connectivity index (χ1v) is 2.56. The first kappa shape index (κ1) is 3.81. The van der Waals surface area contributed by atoms with E-state index in [9.17, 15) is 0 Å². The smallest absolute Gasteiger partial charge is 0.0998 e. The molecule has 0 aromatic heterocycles. The molecule has 0 saturated carbocycles. The Balaban J connectivity index is 2.46. The Morgan fingerprint density at radius 3 is 2.50 bits per heavy atom. The average Bonchev–Trinajstić information content (AvgIpc) is 1.72. The highest BCUT2D eigenvalue weighted by Crippen LogP contribution is 2.08. The molecule has 1 rings (SSSR count). The second kappa shape index (κ2) is 1.92. The lowest BCUT2D eigenvalue weighted by atomic mass is 10.6. The van der Waals surface area contributed by atoms with E-state index in [2.05, 4.69) is 0 Å². The first-order valence-electron chi connectivity index (χ1n) is 1.68. The van der Waals surface area contributed by atoms with Crippen molar-refractivity contribution in [2.75, 3.05) is 0 Å². The molecule has 2 heteroatoms. The van der Waals surface area contributed by atoms with Crippen molar-refractivity contribution in [2.45, 2.75) is 0 Å². The molecular weight excluding hydrogens is 96.1 g/mol. The van der Waals surface area contributed by atoms with Crippen LogP contribution < -0.4 is 0 Å². The third-order valence-corrected chi connectivity index (χ3v) is 0.996. The van der Waals surface area contributed by atoms with E-state index in [1.807, 2.05) is 17.6 Å². The largest absolute Gasteiger partial charge is 0.445 e. The van der Waals surface area contributed by atoms with Gasteiger partial charge in [-0.15, -0.1) is 0 Å². The van der Waals surface area contributed by atoms with E-state index in [4.69, 9.17) is 4.18 Å². The van der Waals surface area contributed by atoms with Gasteiger partial charge in [0.05, 0.1) is 6.26 Å². The summed E-state index contributed by atoms with van der Waals surface area (Å²) in [5.74, 6) is 0. The maximum Gasteiger partial charge on any atom is 0.0998 e. The molecular formula is C4H5OS. The maximum atomic E-state index is 4.77. The van der Waals surface area contributed by atoms with Crippen LogP contribution in [0.25, 0.3) is 0 Å². The Morgan fingerprint density at radius 2 is 2.33 bits per heavy atom. The van der Waals surface area contributed by atoms with Gasteiger partial charge in [-0.2, -0.15) is 0 Å². The Kier molecular flexibility index (Phi) is 1.22. The van der Waals surface area contributed by atoms with Crippen molar-refractivity contribution in [3.05, 3.63) is 23.8 Å². The number of thiol groups is 1. The van der Waals surface area contributed by atoms with Crippen LogP contribution in [0.4, 0.5) is 0 Å². The second-order valence-electron chi connectivity index (χ2n) is 0.881. The van der Waals surface area contributed by atoms with Gasteiger partial charge in [0.1, 0.15) is 0 Å². The van der Waals surface area contributed by atoms with Gasteiger partial charge < -0.3 is 4.18 Å². The summed E-state index contributed by atoms with van der Waals surface area (Å²) in [5.41, 5.74) is 0. The quantitative estimate of drug-likeness (QED) is 0.454. The van der Waals surface area contributed by atoms with Gasteiger partial charge in [0.15, 0.2) is 0 Å². The predicted octanol–water partition coefficient (Wildman–Crippen LogP) is 1.42. The molecule has 0 saturated heterocycles. The van der Waals surface area contributed by atoms with Crippen LogP contribution >= 0.6 is 12.0 Å². The number of hydrogen-bond acceptors (Lipinski definition) is 1. The first-order chi connectivity index (χ1) is 3.00. The topological polar surface area (TPSA) is 9.23 Å².